The van der Waals surface area contributed by atoms with E-state index in [1.807, 2.05) is 0 Å². The molecule has 0 aromatic heterocycles. The van der Waals surface area contributed by atoms with E-state index in [4.69, 9.17) is 37.0 Å². The fourth-order valence-electron chi connectivity index (χ4n) is 9.82. The summed E-state index contributed by atoms with van der Waals surface area (Å²) >= 11 is 0. The van der Waals surface area contributed by atoms with E-state index in [1.54, 1.807) is 0 Å². The van der Waals surface area contributed by atoms with Gasteiger partial charge in [-0.3, -0.25) is 37.3 Å². The number of ether oxygens (including phenoxy) is 4. The van der Waals surface area contributed by atoms with Crippen LogP contribution in [-0.2, 0) is 65.4 Å². The van der Waals surface area contributed by atoms with Crippen molar-refractivity contribution < 1.29 is 80.2 Å². The summed E-state index contributed by atoms with van der Waals surface area (Å²) < 4.78 is 68.1. The lowest BCUT2D eigenvalue weighted by molar-refractivity contribution is -0.161. The highest BCUT2D eigenvalue weighted by molar-refractivity contribution is 7.47. The van der Waals surface area contributed by atoms with Crippen molar-refractivity contribution in [3.05, 3.63) is 24.3 Å². The third kappa shape index (κ3) is 62.4. The second kappa shape index (κ2) is 59.5. The molecule has 0 aromatic carbocycles. The number of aliphatic hydroxyl groups is 1. The van der Waals surface area contributed by atoms with Gasteiger partial charge in [-0.1, -0.05) is 265 Å². The number of hydrogen-bond acceptors (Lipinski definition) is 15. The molecule has 0 spiro atoms. The monoisotopic (exact) mass is 1290 g/mol. The number of carbonyl (C=O) groups is 4. The Kier molecular flexibility index (Phi) is 57.9. The number of phosphoric acid groups is 2. The summed E-state index contributed by atoms with van der Waals surface area (Å²) in [5, 5.41) is 10.6. The molecular weight excluding hydrogens is 1160 g/mol. The first-order valence-electron chi connectivity index (χ1n) is 35.2. The van der Waals surface area contributed by atoms with E-state index in [1.165, 1.54) is 109 Å². The predicted molar refractivity (Wildman–Crippen MR) is 354 cm³/mol. The van der Waals surface area contributed by atoms with Gasteiger partial charge in [-0.15, -0.1) is 0 Å². The van der Waals surface area contributed by atoms with Crippen molar-refractivity contribution in [1.82, 2.24) is 0 Å². The Morgan fingerprint density at radius 2 is 0.614 bits per heavy atom. The molecule has 3 unspecified atom stereocenters. The summed E-state index contributed by atoms with van der Waals surface area (Å²) in [4.78, 5) is 72.4. The summed E-state index contributed by atoms with van der Waals surface area (Å²) in [6, 6.07) is 0. The zero-order valence-corrected chi connectivity index (χ0v) is 58.5. The van der Waals surface area contributed by atoms with Gasteiger partial charge >= 0.3 is 39.5 Å². The Balaban J connectivity index is 5.28. The number of unbranched alkanes of at least 4 members (excludes halogenated alkanes) is 30. The number of esters is 4. The SMILES string of the molecule is CCCCCC/C=C\C=C/CCCCCCCC(=O)OC[C@H](COP(=O)(O)OCC(O)COP(=O)(O)OC[C@@H](COC(=O)CCCCCCCCCCC(C)C)OC(=O)CCCCCCCCCC(C)C)OC(=O)CCCCCCCCCCCC(C)C. The van der Waals surface area contributed by atoms with Gasteiger partial charge in [0.1, 0.15) is 19.3 Å². The number of allylic oxidation sites excluding steroid dienone is 4. The molecule has 88 heavy (non-hydrogen) atoms. The predicted octanol–water partition coefficient (Wildman–Crippen LogP) is 19.0. The molecule has 0 aliphatic carbocycles. The Bertz CT molecular complexity index is 1830. The van der Waals surface area contributed by atoms with Crippen molar-refractivity contribution in [3.8, 4) is 0 Å². The topological polar surface area (TPSA) is 237 Å². The van der Waals surface area contributed by atoms with Crippen LogP contribution < -0.4 is 0 Å². The lowest BCUT2D eigenvalue weighted by atomic mass is 10.0. The fourth-order valence-corrected chi connectivity index (χ4v) is 11.4. The first kappa shape index (κ1) is 85.5. The molecule has 0 aromatic rings. The minimum Gasteiger partial charge on any atom is -0.462 e. The molecule has 3 N–H and O–H groups in total. The van der Waals surface area contributed by atoms with Crippen molar-refractivity contribution in [2.24, 2.45) is 17.8 Å². The molecule has 0 aliphatic rings. The van der Waals surface area contributed by atoms with Crippen LogP contribution in [0.25, 0.3) is 0 Å². The number of carbonyl (C=O) groups excluding carboxylic acids is 4. The van der Waals surface area contributed by atoms with Crippen LogP contribution in [0.5, 0.6) is 0 Å². The molecule has 0 fully saturated rings. The van der Waals surface area contributed by atoms with Gasteiger partial charge in [0.05, 0.1) is 26.4 Å². The van der Waals surface area contributed by atoms with Gasteiger partial charge in [0.15, 0.2) is 12.2 Å². The molecule has 5 atom stereocenters. The Morgan fingerprint density at radius 1 is 0.352 bits per heavy atom. The van der Waals surface area contributed by atoms with Gasteiger partial charge in [0, 0.05) is 25.7 Å². The van der Waals surface area contributed by atoms with Gasteiger partial charge < -0.3 is 33.8 Å². The maximum absolute atomic E-state index is 13.0. The van der Waals surface area contributed by atoms with Crippen LogP contribution in [0.1, 0.15) is 318 Å². The Hall–Kier alpha value is -2.46. The van der Waals surface area contributed by atoms with E-state index in [2.05, 4.69) is 72.8 Å². The summed E-state index contributed by atoms with van der Waals surface area (Å²) in [6.45, 7) is 11.6. The van der Waals surface area contributed by atoms with Crippen molar-refractivity contribution in [3.63, 3.8) is 0 Å². The van der Waals surface area contributed by atoms with Crippen molar-refractivity contribution >= 4 is 39.5 Å². The quantitative estimate of drug-likeness (QED) is 0.0169. The van der Waals surface area contributed by atoms with Crippen molar-refractivity contribution in [2.75, 3.05) is 39.6 Å². The molecule has 0 radical (unpaired) electrons. The Labute approximate surface area is 535 Å². The third-order valence-corrected chi connectivity index (χ3v) is 17.2. The minimum atomic E-state index is -4.96. The number of hydrogen-bond donors (Lipinski definition) is 3. The lowest BCUT2D eigenvalue weighted by Crippen LogP contribution is -2.30. The van der Waals surface area contributed by atoms with E-state index < -0.39 is 97.5 Å². The highest BCUT2D eigenvalue weighted by Gasteiger charge is 2.30. The highest BCUT2D eigenvalue weighted by Crippen LogP contribution is 2.45. The van der Waals surface area contributed by atoms with Crippen LogP contribution in [0.3, 0.4) is 0 Å². The summed E-state index contributed by atoms with van der Waals surface area (Å²) in [5.74, 6) is -0.00971. The largest absolute Gasteiger partial charge is 0.472 e. The second-order valence-electron chi connectivity index (χ2n) is 25.7. The lowest BCUT2D eigenvalue weighted by Gasteiger charge is -2.21. The number of aliphatic hydroxyl groups excluding tert-OH is 1. The van der Waals surface area contributed by atoms with Crippen LogP contribution >= 0.6 is 15.6 Å². The molecule has 0 aliphatic heterocycles. The summed E-state index contributed by atoms with van der Waals surface area (Å²) in [5.41, 5.74) is 0. The summed E-state index contributed by atoms with van der Waals surface area (Å²) in [6.07, 6.45) is 45.4. The molecular formula is C69H130O17P2. The van der Waals surface area contributed by atoms with Crippen molar-refractivity contribution in [2.45, 2.75) is 336 Å². The minimum absolute atomic E-state index is 0.0978. The number of phosphoric ester groups is 2. The smallest absolute Gasteiger partial charge is 0.462 e. The average molecular weight is 1290 g/mol. The molecule has 0 saturated carbocycles. The van der Waals surface area contributed by atoms with Crippen LogP contribution in [0.15, 0.2) is 24.3 Å². The standard InChI is InChI=1S/C69H130O17P2/c1-8-9-10-11-12-13-14-15-16-17-18-21-29-36-43-50-66(71)79-56-64(85-68(73)52-45-38-31-22-19-20-26-33-40-47-60(2)3)58-83-87(75,76)81-54-63(70)55-82-88(77,78)84-59-65(86-69(74)53-46-39-32-25-28-35-42-49-62(6)7)57-80-67(72)51-44-37-30-24-23-27-34-41-48-61(4)5/h13-16,60-65,70H,8-12,17-59H2,1-7H3,(H,75,76)(H,77,78)/b14-13-,16-15-/t63?,64-,65-/m1/s1. The van der Waals surface area contributed by atoms with E-state index in [9.17, 15) is 43.2 Å². The normalized spacial score (nSPS) is 14.4. The van der Waals surface area contributed by atoms with Gasteiger partial charge in [-0.2, -0.15) is 0 Å². The first-order valence-corrected chi connectivity index (χ1v) is 38.2. The van der Waals surface area contributed by atoms with Crippen LogP contribution in [0, 0.1) is 17.8 Å². The first-order chi connectivity index (χ1) is 42.2. The van der Waals surface area contributed by atoms with E-state index in [0.29, 0.717) is 31.6 Å². The maximum Gasteiger partial charge on any atom is 0.472 e. The van der Waals surface area contributed by atoms with E-state index >= 15 is 0 Å². The maximum atomic E-state index is 13.0. The van der Waals surface area contributed by atoms with Crippen LogP contribution in [-0.4, -0.2) is 96.7 Å². The van der Waals surface area contributed by atoms with Gasteiger partial charge in [0.25, 0.3) is 0 Å². The average Bonchev–Trinajstić information content (AvgIpc) is 3.58. The second-order valence-corrected chi connectivity index (χ2v) is 28.6. The zero-order chi connectivity index (χ0) is 65.2. The van der Waals surface area contributed by atoms with Crippen LogP contribution in [0.4, 0.5) is 0 Å². The molecule has 0 rings (SSSR count). The Morgan fingerprint density at radius 3 is 0.920 bits per heavy atom. The third-order valence-electron chi connectivity index (χ3n) is 15.3. The molecule has 19 heteroatoms. The van der Waals surface area contributed by atoms with E-state index in [-0.39, 0.29) is 25.7 Å². The molecule has 0 heterocycles. The molecule has 17 nitrogen and oxygen atoms in total. The van der Waals surface area contributed by atoms with Gasteiger partial charge in [0.2, 0.25) is 0 Å². The summed E-state index contributed by atoms with van der Waals surface area (Å²) in [7, 11) is -9.91. The molecule has 0 bridgehead atoms. The zero-order valence-electron chi connectivity index (χ0n) is 56.7. The van der Waals surface area contributed by atoms with Crippen molar-refractivity contribution in [1.29, 1.82) is 0 Å². The molecule has 0 saturated heterocycles. The van der Waals surface area contributed by atoms with E-state index in [0.717, 1.165) is 121 Å². The highest BCUT2D eigenvalue weighted by atomic mass is 31.2. The van der Waals surface area contributed by atoms with Gasteiger partial charge in [-0.05, 0) is 69.1 Å². The number of rotatable bonds is 65. The molecule has 518 valence electrons. The van der Waals surface area contributed by atoms with Crippen LogP contribution in [0.2, 0.25) is 0 Å². The molecule has 0 amide bonds. The fraction of sp³-hybridized carbons (Fsp3) is 0.884. The van der Waals surface area contributed by atoms with Gasteiger partial charge in [-0.25, -0.2) is 9.13 Å².